The highest BCUT2D eigenvalue weighted by Crippen LogP contribution is 2.26. The van der Waals surface area contributed by atoms with Crippen molar-refractivity contribution in [2.24, 2.45) is 0 Å². The Hall–Kier alpha value is -2.35. The van der Waals surface area contributed by atoms with Gasteiger partial charge in [0.05, 0.1) is 0 Å². The number of carbonyl (C=O) groups excluding carboxylic acids is 2. The lowest BCUT2D eigenvalue weighted by atomic mass is 10.1. The largest absolute Gasteiger partial charge is 0.465 e. The van der Waals surface area contributed by atoms with Crippen LogP contribution in [0.15, 0.2) is 33.6 Å². The van der Waals surface area contributed by atoms with E-state index in [1.54, 1.807) is 20.8 Å². The number of alkyl halides is 2. The number of ether oxygens (including phenoxy) is 1. The van der Waals surface area contributed by atoms with E-state index in [4.69, 9.17) is 9.15 Å². The number of aryl methyl sites for hydroxylation is 2. The molecule has 2 rings (SSSR count). The van der Waals surface area contributed by atoms with E-state index >= 15 is 0 Å². The maximum absolute atomic E-state index is 12.2. The third-order valence-corrected chi connectivity index (χ3v) is 4.19. The molecule has 1 heterocycles. The summed E-state index contributed by atoms with van der Waals surface area (Å²) in [6.07, 6.45) is 0. The molecule has 25 heavy (non-hydrogen) atoms. The Balaban J connectivity index is 1.89. The van der Waals surface area contributed by atoms with E-state index in [2.05, 4.69) is 5.32 Å². The molecule has 0 atom stereocenters. The van der Waals surface area contributed by atoms with Crippen LogP contribution >= 0.6 is 11.8 Å². The Kier molecular flexibility index (Phi) is 6.19. The van der Waals surface area contributed by atoms with Gasteiger partial charge in [-0.1, -0.05) is 11.8 Å². The highest BCUT2D eigenvalue weighted by atomic mass is 32.2. The van der Waals surface area contributed by atoms with E-state index in [9.17, 15) is 18.4 Å². The number of amides is 1. The average molecular weight is 369 g/mol. The van der Waals surface area contributed by atoms with Crippen LogP contribution in [-0.4, -0.2) is 24.2 Å². The zero-order valence-corrected chi connectivity index (χ0v) is 14.7. The van der Waals surface area contributed by atoms with Gasteiger partial charge in [0.1, 0.15) is 17.1 Å². The van der Waals surface area contributed by atoms with Gasteiger partial charge in [0.2, 0.25) is 0 Å². The van der Waals surface area contributed by atoms with Crippen LogP contribution in [0.3, 0.4) is 0 Å². The zero-order chi connectivity index (χ0) is 18.6. The molecular weight excluding hydrogens is 352 g/mol. The van der Waals surface area contributed by atoms with Gasteiger partial charge in [0.15, 0.2) is 6.61 Å². The molecule has 5 nitrogen and oxygen atoms in total. The van der Waals surface area contributed by atoms with Crippen LogP contribution in [0, 0.1) is 20.8 Å². The molecule has 1 aromatic carbocycles. The van der Waals surface area contributed by atoms with Crippen LogP contribution in [0.2, 0.25) is 0 Å². The van der Waals surface area contributed by atoms with E-state index < -0.39 is 24.2 Å². The van der Waals surface area contributed by atoms with Crippen LogP contribution in [-0.2, 0) is 9.53 Å². The predicted molar refractivity (Wildman–Crippen MR) is 90.1 cm³/mol. The van der Waals surface area contributed by atoms with Crippen LogP contribution in [0.1, 0.15) is 27.4 Å². The Morgan fingerprint density at radius 2 is 1.80 bits per heavy atom. The monoisotopic (exact) mass is 369 g/mol. The third kappa shape index (κ3) is 5.06. The number of benzene rings is 1. The number of thioether (sulfide) groups is 1. The van der Waals surface area contributed by atoms with Crippen molar-refractivity contribution < 1.29 is 27.5 Å². The van der Waals surface area contributed by atoms with Gasteiger partial charge in [0.25, 0.3) is 11.7 Å². The summed E-state index contributed by atoms with van der Waals surface area (Å²) in [5.41, 5.74) is 1.42. The lowest BCUT2D eigenvalue weighted by Gasteiger charge is -2.07. The predicted octanol–water partition coefficient (Wildman–Crippen LogP) is 4.32. The SMILES string of the molecule is Cc1oc(C)c(C(=O)OCC(=O)Nc2ccc(SC(F)F)cc2)c1C. The average Bonchev–Trinajstić information content (AvgIpc) is 2.79. The lowest BCUT2D eigenvalue weighted by Crippen LogP contribution is -2.21. The fourth-order valence-corrected chi connectivity index (χ4v) is 2.71. The van der Waals surface area contributed by atoms with Gasteiger partial charge >= 0.3 is 5.97 Å². The fraction of sp³-hybridized carbons (Fsp3) is 0.294. The van der Waals surface area contributed by atoms with Crippen molar-refractivity contribution in [2.75, 3.05) is 11.9 Å². The Labute approximate surface area is 147 Å². The second-order valence-corrected chi connectivity index (χ2v) is 6.31. The molecule has 0 saturated heterocycles. The van der Waals surface area contributed by atoms with E-state index in [1.807, 2.05) is 0 Å². The summed E-state index contributed by atoms with van der Waals surface area (Å²) in [5, 5.41) is 2.53. The van der Waals surface area contributed by atoms with Crippen molar-refractivity contribution in [3.8, 4) is 0 Å². The van der Waals surface area contributed by atoms with E-state index in [0.29, 0.717) is 45.0 Å². The molecule has 1 N–H and O–H groups in total. The van der Waals surface area contributed by atoms with Gasteiger partial charge in [-0.15, -0.1) is 0 Å². The van der Waals surface area contributed by atoms with Crippen LogP contribution in [0.25, 0.3) is 0 Å². The smallest absolute Gasteiger partial charge is 0.342 e. The van der Waals surface area contributed by atoms with Crippen molar-refractivity contribution >= 4 is 29.3 Å². The molecule has 0 saturated carbocycles. The highest BCUT2D eigenvalue weighted by Gasteiger charge is 2.20. The third-order valence-electron chi connectivity index (χ3n) is 3.46. The fourth-order valence-electron chi connectivity index (χ4n) is 2.21. The van der Waals surface area contributed by atoms with Crippen LogP contribution < -0.4 is 5.32 Å². The number of carbonyl (C=O) groups is 2. The molecule has 134 valence electrons. The molecule has 0 radical (unpaired) electrons. The highest BCUT2D eigenvalue weighted by molar-refractivity contribution is 7.99. The van der Waals surface area contributed by atoms with Crippen molar-refractivity contribution in [1.82, 2.24) is 0 Å². The van der Waals surface area contributed by atoms with Gasteiger partial charge < -0.3 is 14.5 Å². The summed E-state index contributed by atoms with van der Waals surface area (Å²) in [7, 11) is 0. The lowest BCUT2D eigenvalue weighted by molar-refractivity contribution is -0.119. The first-order valence-electron chi connectivity index (χ1n) is 7.36. The molecule has 0 aliphatic rings. The number of rotatable bonds is 6. The van der Waals surface area contributed by atoms with Gasteiger partial charge in [-0.2, -0.15) is 8.78 Å². The molecule has 2 aromatic rings. The summed E-state index contributed by atoms with van der Waals surface area (Å²) in [6.45, 7) is 4.66. The van der Waals surface area contributed by atoms with Gasteiger partial charge in [0, 0.05) is 16.1 Å². The molecule has 1 amide bonds. The molecule has 0 aliphatic carbocycles. The second kappa shape index (κ2) is 8.15. The zero-order valence-electron chi connectivity index (χ0n) is 13.9. The number of esters is 1. The molecule has 0 bridgehead atoms. The summed E-state index contributed by atoms with van der Waals surface area (Å²) in [5.74, 6) is -2.61. The number of nitrogens with one attached hydrogen (secondary N) is 1. The number of anilines is 1. The molecule has 8 heteroatoms. The van der Waals surface area contributed by atoms with E-state index in [-0.39, 0.29) is 0 Å². The van der Waals surface area contributed by atoms with Crippen LogP contribution in [0.4, 0.5) is 14.5 Å². The molecule has 0 unspecified atom stereocenters. The summed E-state index contributed by atoms with van der Waals surface area (Å²) in [6, 6.07) is 5.94. The quantitative estimate of drug-likeness (QED) is 0.607. The van der Waals surface area contributed by atoms with Crippen molar-refractivity contribution in [1.29, 1.82) is 0 Å². The summed E-state index contributed by atoms with van der Waals surface area (Å²) in [4.78, 5) is 24.3. The number of furan rings is 1. The summed E-state index contributed by atoms with van der Waals surface area (Å²) < 4.78 is 34.8. The topological polar surface area (TPSA) is 68.5 Å². The Morgan fingerprint density at radius 1 is 1.16 bits per heavy atom. The van der Waals surface area contributed by atoms with Crippen molar-refractivity contribution in [3.63, 3.8) is 0 Å². The molecular formula is C17H17F2NO4S. The molecule has 0 aliphatic heterocycles. The Bertz CT molecular complexity index is 772. The first-order valence-corrected chi connectivity index (χ1v) is 8.24. The minimum Gasteiger partial charge on any atom is -0.465 e. The Morgan fingerprint density at radius 3 is 2.32 bits per heavy atom. The van der Waals surface area contributed by atoms with Gasteiger partial charge in [-0.25, -0.2) is 4.79 Å². The molecule has 1 aromatic heterocycles. The second-order valence-electron chi connectivity index (χ2n) is 5.24. The maximum Gasteiger partial charge on any atom is 0.342 e. The van der Waals surface area contributed by atoms with Gasteiger partial charge in [-0.3, -0.25) is 4.79 Å². The molecule has 0 fully saturated rings. The number of hydrogen-bond donors (Lipinski definition) is 1. The normalized spacial score (nSPS) is 10.8. The summed E-state index contributed by atoms with van der Waals surface area (Å²) >= 11 is 0.418. The van der Waals surface area contributed by atoms with Crippen LogP contribution in [0.5, 0.6) is 0 Å². The van der Waals surface area contributed by atoms with E-state index in [0.717, 1.165) is 0 Å². The first-order chi connectivity index (χ1) is 11.8. The van der Waals surface area contributed by atoms with E-state index in [1.165, 1.54) is 24.3 Å². The minimum absolute atomic E-state index is 0.318. The standard InChI is InChI=1S/C17H17F2NO4S/c1-9-10(2)24-11(3)15(9)16(22)23-8-14(21)20-12-4-6-13(7-5-12)25-17(18)19/h4-7,17H,8H2,1-3H3,(H,20,21). The first kappa shape index (κ1) is 19.0. The number of halogens is 2. The minimum atomic E-state index is -2.50. The van der Waals surface area contributed by atoms with Crippen molar-refractivity contribution in [3.05, 3.63) is 46.9 Å². The number of hydrogen-bond acceptors (Lipinski definition) is 5. The molecule has 0 spiro atoms. The van der Waals surface area contributed by atoms with Gasteiger partial charge in [-0.05, 0) is 45.0 Å². The van der Waals surface area contributed by atoms with Crippen molar-refractivity contribution in [2.45, 2.75) is 31.4 Å². The maximum atomic E-state index is 12.2.